The SMILES string of the molecule is Cc1cc(N2CCN(C(=O)CC3COCCN3)CC2)n2ncnc2n1. The zero-order chi connectivity index (χ0) is 17.2. The van der Waals surface area contributed by atoms with Gasteiger partial charge in [0.2, 0.25) is 5.91 Å². The molecule has 9 heteroatoms. The molecule has 9 nitrogen and oxygen atoms in total. The lowest BCUT2D eigenvalue weighted by atomic mass is 10.1. The second-order valence-electron chi connectivity index (χ2n) is 6.53. The van der Waals surface area contributed by atoms with Gasteiger partial charge < -0.3 is 19.9 Å². The fourth-order valence-electron chi connectivity index (χ4n) is 3.41. The molecule has 2 saturated heterocycles. The standard InChI is InChI=1S/C16H23N7O2/c1-12-8-14(23-16(20-12)18-11-19-23)21-3-5-22(6-4-21)15(24)9-13-10-25-7-2-17-13/h8,11,13,17H,2-7,9-10H2,1H3. The Morgan fingerprint density at radius 2 is 2.20 bits per heavy atom. The van der Waals surface area contributed by atoms with Crippen LogP contribution in [0.2, 0.25) is 0 Å². The van der Waals surface area contributed by atoms with Gasteiger partial charge in [-0.2, -0.15) is 14.6 Å². The molecule has 0 saturated carbocycles. The molecule has 2 aliphatic rings. The fraction of sp³-hybridized carbons (Fsp3) is 0.625. The summed E-state index contributed by atoms with van der Waals surface area (Å²) in [6, 6.07) is 2.15. The number of morpholine rings is 1. The Labute approximate surface area is 146 Å². The van der Waals surface area contributed by atoms with E-state index in [-0.39, 0.29) is 11.9 Å². The maximum absolute atomic E-state index is 12.5. The normalized spacial score (nSPS) is 21.7. The molecule has 134 valence electrons. The largest absolute Gasteiger partial charge is 0.378 e. The highest BCUT2D eigenvalue weighted by Crippen LogP contribution is 2.18. The van der Waals surface area contributed by atoms with Crippen LogP contribution in [-0.2, 0) is 9.53 Å². The van der Waals surface area contributed by atoms with Crippen molar-refractivity contribution >= 4 is 17.5 Å². The highest BCUT2D eigenvalue weighted by molar-refractivity contribution is 5.77. The Balaban J connectivity index is 1.39. The van der Waals surface area contributed by atoms with Crippen LogP contribution in [0.3, 0.4) is 0 Å². The molecule has 2 aromatic rings. The van der Waals surface area contributed by atoms with Gasteiger partial charge in [-0.05, 0) is 6.92 Å². The van der Waals surface area contributed by atoms with Crippen molar-refractivity contribution in [2.24, 2.45) is 0 Å². The molecule has 0 aromatic carbocycles. The minimum absolute atomic E-state index is 0.136. The third-order valence-corrected chi connectivity index (χ3v) is 4.74. The van der Waals surface area contributed by atoms with Gasteiger partial charge in [-0.15, -0.1) is 0 Å². The Morgan fingerprint density at radius 3 is 2.96 bits per heavy atom. The van der Waals surface area contributed by atoms with Crippen molar-refractivity contribution in [2.45, 2.75) is 19.4 Å². The van der Waals surface area contributed by atoms with Crippen molar-refractivity contribution in [1.29, 1.82) is 0 Å². The molecule has 2 aromatic heterocycles. The van der Waals surface area contributed by atoms with Crippen LogP contribution >= 0.6 is 0 Å². The summed E-state index contributed by atoms with van der Waals surface area (Å²) in [6.07, 6.45) is 2.02. The minimum Gasteiger partial charge on any atom is -0.378 e. The molecule has 1 amide bonds. The molecule has 4 heterocycles. The monoisotopic (exact) mass is 345 g/mol. The predicted molar refractivity (Wildman–Crippen MR) is 91.5 cm³/mol. The first-order valence-corrected chi connectivity index (χ1v) is 8.72. The quantitative estimate of drug-likeness (QED) is 0.799. The van der Waals surface area contributed by atoms with Crippen LogP contribution in [0.25, 0.3) is 5.78 Å². The van der Waals surface area contributed by atoms with Gasteiger partial charge in [-0.1, -0.05) is 0 Å². The number of nitrogens with zero attached hydrogens (tertiary/aromatic N) is 6. The number of aromatic nitrogens is 4. The molecule has 0 radical (unpaired) electrons. The first-order chi connectivity index (χ1) is 12.2. The van der Waals surface area contributed by atoms with E-state index in [1.165, 1.54) is 6.33 Å². The average molecular weight is 345 g/mol. The van der Waals surface area contributed by atoms with Crippen molar-refractivity contribution in [3.05, 3.63) is 18.1 Å². The number of carbonyl (C=O) groups is 1. The first kappa shape index (κ1) is 16.2. The summed E-state index contributed by atoms with van der Waals surface area (Å²) < 4.78 is 7.18. The molecule has 0 aliphatic carbocycles. The zero-order valence-electron chi connectivity index (χ0n) is 14.4. The molecular formula is C16H23N7O2. The number of anilines is 1. The van der Waals surface area contributed by atoms with Gasteiger partial charge in [0.05, 0.1) is 13.2 Å². The highest BCUT2D eigenvalue weighted by atomic mass is 16.5. The van der Waals surface area contributed by atoms with Gasteiger partial charge in [-0.3, -0.25) is 4.79 Å². The van der Waals surface area contributed by atoms with Gasteiger partial charge >= 0.3 is 0 Å². The number of hydrogen-bond acceptors (Lipinski definition) is 7. The topological polar surface area (TPSA) is 87.9 Å². The number of fused-ring (bicyclic) bond motifs is 1. The number of aryl methyl sites for hydroxylation is 1. The number of nitrogens with one attached hydrogen (secondary N) is 1. The highest BCUT2D eigenvalue weighted by Gasteiger charge is 2.25. The van der Waals surface area contributed by atoms with Gasteiger partial charge in [-0.25, -0.2) is 4.98 Å². The van der Waals surface area contributed by atoms with E-state index in [1.54, 1.807) is 4.52 Å². The lowest BCUT2D eigenvalue weighted by molar-refractivity contribution is -0.132. The number of ether oxygens (including phenoxy) is 1. The van der Waals surface area contributed by atoms with Gasteiger partial charge in [0.15, 0.2) is 0 Å². The van der Waals surface area contributed by atoms with Gasteiger partial charge in [0.1, 0.15) is 12.1 Å². The second-order valence-corrected chi connectivity index (χ2v) is 6.53. The van der Waals surface area contributed by atoms with Crippen LogP contribution in [0, 0.1) is 6.92 Å². The number of amides is 1. The van der Waals surface area contributed by atoms with E-state index in [0.717, 1.165) is 37.8 Å². The van der Waals surface area contributed by atoms with Crippen molar-refractivity contribution in [3.8, 4) is 0 Å². The third kappa shape index (κ3) is 3.42. The van der Waals surface area contributed by atoms with Crippen molar-refractivity contribution < 1.29 is 9.53 Å². The van der Waals surface area contributed by atoms with E-state index in [0.29, 0.717) is 31.9 Å². The Hall–Kier alpha value is -2.26. The van der Waals surface area contributed by atoms with Crippen molar-refractivity contribution in [3.63, 3.8) is 0 Å². The molecule has 0 bridgehead atoms. The molecule has 1 atom stereocenters. The first-order valence-electron chi connectivity index (χ1n) is 8.72. The number of carbonyl (C=O) groups excluding carboxylic acids is 1. The molecule has 2 fully saturated rings. The van der Waals surface area contributed by atoms with Gasteiger partial charge in [0, 0.05) is 56.9 Å². The summed E-state index contributed by atoms with van der Waals surface area (Å²) in [4.78, 5) is 25.2. The van der Waals surface area contributed by atoms with Crippen molar-refractivity contribution in [1.82, 2.24) is 29.8 Å². The maximum atomic E-state index is 12.5. The smallest absolute Gasteiger partial charge is 0.254 e. The third-order valence-electron chi connectivity index (χ3n) is 4.74. The fourth-order valence-corrected chi connectivity index (χ4v) is 3.41. The Morgan fingerprint density at radius 1 is 1.36 bits per heavy atom. The molecule has 1 unspecified atom stereocenters. The molecule has 0 spiro atoms. The average Bonchev–Trinajstić information content (AvgIpc) is 3.10. The number of piperazine rings is 1. The van der Waals surface area contributed by atoms with Crippen LogP contribution in [0.4, 0.5) is 5.82 Å². The van der Waals surface area contributed by atoms with Crippen molar-refractivity contribution in [2.75, 3.05) is 50.8 Å². The number of hydrogen-bond donors (Lipinski definition) is 1. The molecular weight excluding hydrogens is 322 g/mol. The summed E-state index contributed by atoms with van der Waals surface area (Å²) >= 11 is 0. The molecule has 25 heavy (non-hydrogen) atoms. The van der Waals surface area contributed by atoms with Crippen LogP contribution in [0.5, 0.6) is 0 Å². The van der Waals surface area contributed by atoms with Crippen LogP contribution in [-0.4, -0.2) is 82.4 Å². The van der Waals surface area contributed by atoms with E-state index in [4.69, 9.17) is 4.74 Å². The van der Waals surface area contributed by atoms with E-state index in [1.807, 2.05) is 17.9 Å². The summed E-state index contributed by atoms with van der Waals surface area (Å²) in [5, 5.41) is 7.60. The predicted octanol–water partition coefficient (Wildman–Crippen LogP) is -0.540. The van der Waals surface area contributed by atoms with E-state index >= 15 is 0 Å². The lowest BCUT2D eigenvalue weighted by Gasteiger charge is -2.36. The minimum atomic E-state index is 0.136. The second kappa shape index (κ2) is 6.93. The van der Waals surface area contributed by atoms with E-state index in [2.05, 4.69) is 25.3 Å². The zero-order valence-corrected chi connectivity index (χ0v) is 14.4. The maximum Gasteiger partial charge on any atom is 0.254 e. The summed E-state index contributed by atoms with van der Waals surface area (Å²) in [5.41, 5.74) is 0.914. The molecule has 1 N–H and O–H groups in total. The van der Waals surface area contributed by atoms with Crippen LogP contribution < -0.4 is 10.2 Å². The van der Waals surface area contributed by atoms with E-state index in [9.17, 15) is 4.79 Å². The van der Waals surface area contributed by atoms with Crippen LogP contribution in [0.1, 0.15) is 12.1 Å². The summed E-state index contributed by atoms with van der Waals surface area (Å²) in [6.45, 7) is 7.10. The van der Waals surface area contributed by atoms with Gasteiger partial charge in [0.25, 0.3) is 5.78 Å². The van der Waals surface area contributed by atoms with E-state index < -0.39 is 0 Å². The Bertz CT molecular complexity index is 748. The number of rotatable bonds is 3. The molecule has 2 aliphatic heterocycles. The Kier molecular flexibility index (Phi) is 4.50. The molecule has 4 rings (SSSR count). The van der Waals surface area contributed by atoms with Crippen LogP contribution in [0.15, 0.2) is 12.4 Å². The lowest BCUT2D eigenvalue weighted by Crippen LogP contribution is -2.51. The summed E-state index contributed by atoms with van der Waals surface area (Å²) in [5.74, 6) is 1.78. The summed E-state index contributed by atoms with van der Waals surface area (Å²) in [7, 11) is 0.